The Morgan fingerprint density at radius 3 is 2.33 bits per heavy atom. The van der Waals surface area contributed by atoms with E-state index in [-0.39, 0.29) is 22.0 Å². The quantitative estimate of drug-likeness (QED) is 0.608. The molecule has 0 radical (unpaired) electrons. The van der Waals surface area contributed by atoms with Gasteiger partial charge in [-0.3, -0.25) is 0 Å². The Hall–Kier alpha value is -0.160. The van der Waals surface area contributed by atoms with E-state index in [9.17, 15) is 0 Å². The highest BCUT2D eigenvalue weighted by Gasteiger charge is 2.75. The SMILES string of the molecule is CC[C@H]1CC2(N)C3CCC(C(C)CCOC)C3(C)CC[C@]2(N)C2(C)CCCCC12N. The molecule has 4 aliphatic rings. The molecule has 4 aliphatic carbocycles. The minimum atomic E-state index is -0.352. The third-order valence-electron chi connectivity index (χ3n) is 11.7. The second-order valence-corrected chi connectivity index (χ2v) is 12.4. The first-order valence-corrected chi connectivity index (χ1v) is 12.9. The molecule has 7 unspecified atom stereocenters. The van der Waals surface area contributed by atoms with Gasteiger partial charge < -0.3 is 21.9 Å². The Morgan fingerprint density at radius 2 is 1.67 bits per heavy atom. The molecule has 0 aliphatic heterocycles. The minimum absolute atomic E-state index is 0.0625. The van der Waals surface area contributed by atoms with Crippen molar-refractivity contribution in [3.63, 3.8) is 0 Å². The Kier molecular flexibility index (Phi) is 5.70. The lowest BCUT2D eigenvalue weighted by Crippen LogP contribution is -2.88. The molecular formula is C26H49N3O. The summed E-state index contributed by atoms with van der Waals surface area (Å²) in [4.78, 5) is 0. The normalized spacial score (nSPS) is 54.2. The molecule has 4 saturated carbocycles. The maximum absolute atomic E-state index is 7.64. The molecule has 0 saturated heterocycles. The van der Waals surface area contributed by atoms with E-state index in [0.717, 1.165) is 51.0 Å². The van der Waals surface area contributed by atoms with Crippen LogP contribution in [0.5, 0.6) is 0 Å². The predicted molar refractivity (Wildman–Crippen MR) is 125 cm³/mol. The van der Waals surface area contributed by atoms with Gasteiger partial charge in [-0.05, 0) is 80.5 Å². The summed E-state index contributed by atoms with van der Waals surface area (Å²) in [7, 11) is 1.82. The molecule has 174 valence electrons. The van der Waals surface area contributed by atoms with Crippen LogP contribution in [-0.4, -0.2) is 30.3 Å². The Balaban J connectivity index is 1.74. The van der Waals surface area contributed by atoms with Crippen molar-refractivity contribution in [3.05, 3.63) is 0 Å². The number of fused-ring (bicyclic) bond motifs is 5. The summed E-state index contributed by atoms with van der Waals surface area (Å²) < 4.78 is 5.42. The van der Waals surface area contributed by atoms with Crippen LogP contribution in [0.15, 0.2) is 0 Å². The highest BCUT2D eigenvalue weighted by Crippen LogP contribution is 2.71. The molecule has 30 heavy (non-hydrogen) atoms. The van der Waals surface area contributed by atoms with Crippen molar-refractivity contribution in [2.45, 2.75) is 115 Å². The van der Waals surface area contributed by atoms with Gasteiger partial charge in [-0.15, -0.1) is 0 Å². The molecule has 0 aromatic heterocycles. The standard InChI is InChI=1S/C26H49N3O/c1-6-19-17-25(28)21-10-9-20(18(2)11-16-30-5)22(21,3)14-15-26(25,29)23(4)12-7-8-13-24(19,23)27/h18-21H,6-17,27-29H2,1-5H3/t18?,19-,20?,21?,22?,23?,24?,25?,26-/m0/s1. The molecular weight excluding hydrogens is 370 g/mol. The summed E-state index contributed by atoms with van der Waals surface area (Å²) in [6.45, 7) is 10.6. The largest absolute Gasteiger partial charge is 0.385 e. The van der Waals surface area contributed by atoms with Gasteiger partial charge in [-0.1, -0.05) is 47.0 Å². The van der Waals surface area contributed by atoms with Crippen molar-refractivity contribution < 1.29 is 4.74 Å². The molecule has 4 heteroatoms. The second kappa shape index (κ2) is 7.43. The lowest BCUT2D eigenvalue weighted by molar-refractivity contribution is -0.177. The van der Waals surface area contributed by atoms with Crippen LogP contribution in [0.3, 0.4) is 0 Å². The van der Waals surface area contributed by atoms with Crippen LogP contribution >= 0.6 is 0 Å². The van der Waals surface area contributed by atoms with Crippen LogP contribution in [0, 0.1) is 34.5 Å². The van der Waals surface area contributed by atoms with Gasteiger partial charge in [-0.25, -0.2) is 0 Å². The molecule has 0 aromatic rings. The number of ether oxygens (including phenoxy) is 1. The molecule has 0 bridgehead atoms. The van der Waals surface area contributed by atoms with Crippen LogP contribution < -0.4 is 17.2 Å². The van der Waals surface area contributed by atoms with Gasteiger partial charge >= 0.3 is 0 Å². The third-order valence-corrected chi connectivity index (χ3v) is 11.7. The smallest absolute Gasteiger partial charge is 0.0464 e. The molecule has 0 heterocycles. The van der Waals surface area contributed by atoms with Gasteiger partial charge in [0, 0.05) is 35.7 Å². The van der Waals surface area contributed by atoms with Crippen LogP contribution in [0.1, 0.15) is 98.3 Å². The van der Waals surface area contributed by atoms with Crippen LogP contribution in [0.4, 0.5) is 0 Å². The predicted octanol–water partition coefficient (Wildman–Crippen LogP) is 4.59. The van der Waals surface area contributed by atoms with Crippen molar-refractivity contribution in [1.82, 2.24) is 0 Å². The average Bonchev–Trinajstić information content (AvgIpc) is 3.07. The summed E-state index contributed by atoms with van der Waals surface area (Å²) in [6, 6.07) is 0. The van der Waals surface area contributed by atoms with Gasteiger partial charge in [0.25, 0.3) is 0 Å². The maximum atomic E-state index is 7.64. The van der Waals surface area contributed by atoms with Crippen molar-refractivity contribution in [3.8, 4) is 0 Å². The Bertz CT molecular complexity index is 656. The van der Waals surface area contributed by atoms with Crippen molar-refractivity contribution >= 4 is 0 Å². The molecule has 4 rings (SSSR count). The highest BCUT2D eigenvalue weighted by atomic mass is 16.5. The molecule has 4 fully saturated rings. The molecule has 4 nitrogen and oxygen atoms in total. The van der Waals surface area contributed by atoms with Crippen molar-refractivity contribution in [2.24, 2.45) is 51.7 Å². The molecule has 0 aromatic carbocycles. The van der Waals surface area contributed by atoms with E-state index in [0.29, 0.717) is 23.2 Å². The lowest BCUT2D eigenvalue weighted by atomic mass is 9.34. The van der Waals surface area contributed by atoms with E-state index in [4.69, 9.17) is 21.9 Å². The zero-order chi connectivity index (χ0) is 22.0. The van der Waals surface area contributed by atoms with Crippen LogP contribution in [0.2, 0.25) is 0 Å². The van der Waals surface area contributed by atoms with Gasteiger partial charge in [-0.2, -0.15) is 0 Å². The van der Waals surface area contributed by atoms with E-state index in [1.54, 1.807) is 0 Å². The summed E-state index contributed by atoms with van der Waals surface area (Å²) in [5.41, 5.74) is 22.0. The van der Waals surface area contributed by atoms with Gasteiger partial charge in [0.15, 0.2) is 0 Å². The average molecular weight is 420 g/mol. The second-order valence-electron chi connectivity index (χ2n) is 12.4. The van der Waals surface area contributed by atoms with Crippen LogP contribution in [0.25, 0.3) is 0 Å². The fraction of sp³-hybridized carbons (Fsp3) is 1.00. The topological polar surface area (TPSA) is 87.3 Å². The summed E-state index contributed by atoms with van der Waals surface area (Å²) in [5.74, 6) is 2.40. The Morgan fingerprint density at radius 1 is 0.967 bits per heavy atom. The number of hydrogen-bond acceptors (Lipinski definition) is 4. The first kappa shape index (κ1) is 23.0. The Labute approximate surface area is 185 Å². The number of hydrogen-bond donors (Lipinski definition) is 3. The zero-order valence-corrected chi connectivity index (χ0v) is 20.4. The van der Waals surface area contributed by atoms with E-state index in [1.807, 2.05) is 7.11 Å². The maximum Gasteiger partial charge on any atom is 0.0464 e. The van der Waals surface area contributed by atoms with Crippen molar-refractivity contribution in [1.29, 1.82) is 0 Å². The minimum Gasteiger partial charge on any atom is -0.385 e. The number of nitrogens with two attached hydrogens (primary N) is 3. The number of methoxy groups -OCH3 is 1. The summed E-state index contributed by atoms with van der Waals surface area (Å²) in [6.07, 6.45) is 12.8. The van der Waals surface area contributed by atoms with E-state index >= 15 is 0 Å². The molecule has 0 spiro atoms. The first-order chi connectivity index (χ1) is 14.0. The highest BCUT2D eigenvalue weighted by molar-refractivity contribution is 5.33. The van der Waals surface area contributed by atoms with E-state index < -0.39 is 0 Å². The van der Waals surface area contributed by atoms with Gasteiger partial charge in [0.05, 0.1) is 0 Å². The van der Waals surface area contributed by atoms with E-state index in [1.165, 1.54) is 32.1 Å². The third kappa shape index (κ3) is 2.66. The fourth-order valence-corrected chi connectivity index (χ4v) is 9.83. The molecule has 9 atom stereocenters. The summed E-state index contributed by atoms with van der Waals surface area (Å²) >= 11 is 0. The molecule has 6 N–H and O–H groups in total. The lowest BCUT2D eigenvalue weighted by Gasteiger charge is -2.75. The summed E-state index contributed by atoms with van der Waals surface area (Å²) in [5, 5.41) is 0. The van der Waals surface area contributed by atoms with Gasteiger partial charge in [0.2, 0.25) is 0 Å². The van der Waals surface area contributed by atoms with Crippen LogP contribution in [-0.2, 0) is 4.74 Å². The van der Waals surface area contributed by atoms with Gasteiger partial charge in [0.1, 0.15) is 0 Å². The number of rotatable bonds is 5. The fourth-order valence-electron chi connectivity index (χ4n) is 9.83. The van der Waals surface area contributed by atoms with Crippen molar-refractivity contribution in [2.75, 3.05) is 13.7 Å². The van der Waals surface area contributed by atoms with E-state index in [2.05, 4.69) is 27.7 Å². The zero-order valence-electron chi connectivity index (χ0n) is 20.4. The molecule has 0 amide bonds. The first-order valence-electron chi connectivity index (χ1n) is 12.9. The monoisotopic (exact) mass is 419 g/mol.